The summed E-state index contributed by atoms with van der Waals surface area (Å²) >= 11 is 0. The van der Waals surface area contributed by atoms with Crippen LogP contribution < -0.4 is 10.6 Å². The second-order valence-corrected chi connectivity index (χ2v) is 4.95. The van der Waals surface area contributed by atoms with E-state index in [-0.39, 0.29) is 12.5 Å². The van der Waals surface area contributed by atoms with E-state index in [9.17, 15) is 14.4 Å². The van der Waals surface area contributed by atoms with Crippen molar-refractivity contribution in [3.05, 3.63) is 0 Å². The first-order chi connectivity index (χ1) is 8.31. The van der Waals surface area contributed by atoms with Gasteiger partial charge in [0.05, 0.1) is 18.1 Å². The van der Waals surface area contributed by atoms with E-state index >= 15 is 0 Å². The third-order valence-corrected chi connectivity index (χ3v) is 2.70. The molecule has 0 radical (unpaired) electrons. The van der Waals surface area contributed by atoms with Gasteiger partial charge < -0.3 is 15.2 Å². The van der Waals surface area contributed by atoms with Crippen molar-refractivity contribution in [3.8, 4) is 0 Å². The number of carboxylic acid groups (broad SMARTS) is 1. The number of rotatable bonds is 4. The molecule has 0 aromatic rings. The summed E-state index contributed by atoms with van der Waals surface area (Å²) in [5.74, 6) is -1.69. The van der Waals surface area contributed by atoms with Gasteiger partial charge in [-0.05, 0) is 20.3 Å². The van der Waals surface area contributed by atoms with E-state index in [0.29, 0.717) is 19.6 Å². The molecular formula is C11H18N2O5. The van der Waals surface area contributed by atoms with Crippen LogP contribution in [0.5, 0.6) is 0 Å². The Morgan fingerprint density at radius 3 is 2.56 bits per heavy atom. The first-order valence-electron chi connectivity index (χ1n) is 5.73. The van der Waals surface area contributed by atoms with Gasteiger partial charge in [0.1, 0.15) is 0 Å². The molecule has 0 saturated carbocycles. The fraction of sp³-hybridized carbons (Fsp3) is 0.727. The molecule has 1 aliphatic rings. The highest BCUT2D eigenvalue weighted by molar-refractivity contribution is 5.96. The molecule has 3 N–H and O–H groups in total. The van der Waals surface area contributed by atoms with Crippen LogP contribution in [-0.4, -0.2) is 42.3 Å². The van der Waals surface area contributed by atoms with Crippen LogP contribution in [0.3, 0.4) is 0 Å². The number of aliphatic carboxylic acids is 1. The molecular weight excluding hydrogens is 240 g/mol. The molecule has 0 aliphatic carbocycles. The summed E-state index contributed by atoms with van der Waals surface area (Å²) in [5.41, 5.74) is -1.19. The highest BCUT2D eigenvalue weighted by Crippen LogP contribution is 2.19. The van der Waals surface area contributed by atoms with Crippen LogP contribution in [0.1, 0.15) is 26.7 Å². The monoisotopic (exact) mass is 258 g/mol. The smallest absolute Gasteiger partial charge is 0.321 e. The number of nitrogens with one attached hydrogen (secondary N) is 2. The number of hydrogen-bond donors (Lipinski definition) is 3. The topological polar surface area (TPSA) is 105 Å². The van der Waals surface area contributed by atoms with Gasteiger partial charge in [-0.15, -0.1) is 0 Å². The van der Waals surface area contributed by atoms with Gasteiger partial charge in [0.15, 0.2) is 0 Å². The number of urea groups is 1. The van der Waals surface area contributed by atoms with E-state index in [4.69, 9.17) is 9.84 Å². The first-order valence-corrected chi connectivity index (χ1v) is 5.73. The predicted octanol–water partition coefficient (Wildman–Crippen LogP) is 0.102. The molecule has 1 fully saturated rings. The number of carboxylic acids is 1. The summed E-state index contributed by atoms with van der Waals surface area (Å²) in [6.45, 7) is 3.88. The molecule has 1 heterocycles. The van der Waals surface area contributed by atoms with Crippen molar-refractivity contribution in [2.75, 3.05) is 13.2 Å². The summed E-state index contributed by atoms with van der Waals surface area (Å²) in [7, 11) is 0. The van der Waals surface area contributed by atoms with E-state index < -0.39 is 23.3 Å². The highest BCUT2D eigenvalue weighted by Gasteiger charge is 2.31. The van der Waals surface area contributed by atoms with Crippen molar-refractivity contribution in [3.63, 3.8) is 0 Å². The third kappa shape index (κ3) is 4.33. The second-order valence-electron chi connectivity index (χ2n) is 4.95. The SMILES string of the molecule is CC(C)(CC(=O)NC(=O)NC1CCOC1)C(=O)O. The lowest BCUT2D eigenvalue weighted by atomic mass is 9.89. The molecule has 7 nitrogen and oxygen atoms in total. The van der Waals surface area contributed by atoms with Crippen LogP contribution in [0.2, 0.25) is 0 Å². The van der Waals surface area contributed by atoms with E-state index in [1.165, 1.54) is 13.8 Å². The van der Waals surface area contributed by atoms with Gasteiger partial charge >= 0.3 is 12.0 Å². The van der Waals surface area contributed by atoms with Crippen molar-refractivity contribution >= 4 is 17.9 Å². The molecule has 3 amide bonds. The molecule has 102 valence electrons. The van der Waals surface area contributed by atoms with Crippen LogP contribution in [0.15, 0.2) is 0 Å². The lowest BCUT2D eigenvalue weighted by Crippen LogP contribution is -2.46. The Morgan fingerprint density at radius 1 is 1.39 bits per heavy atom. The Kier molecular flexibility index (Phi) is 4.66. The number of carbonyl (C=O) groups is 3. The zero-order valence-corrected chi connectivity index (χ0v) is 10.5. The Bertz CT molecular complexity index is 347. The molecule has 1 rings (SSSR count). The number of amides is 3. The minimum atomic E-state index is -1.19. The van der Waals surface area contributed by atoms with Crippen molar-refractivity contribution in [2.45, 2.75) is 32.7 Å². The maximum atomic E-state index is 11.5. The molecule has 0 bridgehead atoms. The Labute approximate surface area is 105 Å². The van der Waals surface area contributed by atoms with Crippen LogP contribution in [0.25, 0.3) is 0 Å². The summed E-state index contributed by atoms with van der Waals surface area (Å²) in [5, 5.41) is 13.5. The van der Waals surface area contributed by atoms with Gasteiger partial charge in [-0.25, -0.2) is 4.79 Å². The molecule has 0 aromatic heterocycles. The van der Waals surface area contributed by atoms with Gasteiger partial charge in [0.2, 0.25) is 5.91 Å². The molecule has 7 heteroatoms. The van der Waals surface area contributed by atoms with Crippen molar-refractivity contribution in [1.29, 1.82) is 0 Å². The summed E-state index contributed by atoms with van der Waals surface area (Å²) in [4.78, 5) is 33.7. The van der Waals surface area contributed by atoms with Gasteiger partial charge in [0, 0.05) is 13.0 Å². The summed E-state index contributed by atoms with van der Waals surface area (Å²) in [6, 6.07) is -0.707. The molecule has 1 atom stereocenters. The number of ether oxygens (including phenoxy) is 1. The average Bonchev–Trinajstić information content (AvgIpc) is 2.68. The van der Waals surface area contributed by atoms with Gasteiger partial charge in [-0.3, -0.25) is 14.9 Å². The fourth-order valence-electron chi connectivity index (χ4n) is 1.52. The van der Waals surface area contributed by atoms with Crippen molar-refractivity contribution in [1.82, 2.24) is 10.6 Å². The number of hydrogen-bond acceptors (Lipinski definition) is 4. The molecule has 1 unspecified atom stereocenters. The van der Waals surface area contributed by atoms with Gasteiger partial charge in [-0.2, -0.15) is 0 Å². The molecule has 0 spiro atoms. The second kappa shape index (κ2) is 5.81. The summed E-state index contributed by atoms with van der Waals surface area (Å²) < 4.78 is 5.07. The normalized spacial score (nSPS) is 19.3. The van der Waals surface area contributed by atoms with E-state index in [1.807, 2.05) is 0 Å². The Hall–Kier alpha value is -1.63. The Balaban J connectivity index is 2.35. The summed E-state index contributed by atoms with van der Waals surface area (Å²) in [6.07, 6.45) is 0.457. The zero-order chi connectivity index (χ0) is 13.8. The van der Waals surface area contributed by atoms with Gasteiger partial charge in [-0.1, -0.05) is 0 Å². The quantitative estimate of drug-likeness (QED) is 0.663. The van der Waals surface area contributed by atoms with Crippen molar-refractivity contribution in [2.24, 2.45) is 5.41 Å². The lowest BCUT2D eigenvalue weighted by Gasteiger charge is -2.18. The van der Waals surface area contributed by atoms with E-state index in [0.717, 1.165) is 0 Å². The molecule has 1 aliphatic heterocycles. The molecule has 18 heavy (non-hydrogen) atoms. The largest absolute Gasteiger partial charge is 0.481 e. The van der Waals surface area contributed by atoms with E-state index in [1.54, 1.807) is 0 Å². The van der Waals surface area contributed by atoms with Crippen LogP contribution in [-0.2, 0) is 14.3 Å². The first kappa shape index (κ1) is 14.4. The lowest BCUT2D eigenvalue weighted by molar-refractivity contribution is -0.149. The minimum absolute atomic E-state index is 0.0923. The van der Waals surface area contributed by atoms with Crippen LogP contribution >= 0.6 is 0 Å². The Morgan fingerprint density at radius 2 is 2.06 bits per heavy atom. The standard InChI is InChI=1S/C11H18N2O5/c1-11(2,9(15)16)5-8(14)13-10(17)12-7-3-4-18-6-7/h7H,3-6H2,1-2H3,(H,15,16)(H2,12,13,14,17). The molecule has 0 aromatic carbocycles. The number of imide groups is 1. The van der Waals surface area contributed by atoms with Crippen LogP contribution in [0.4, 0.5) is 4.79 Å². The maximum Gasteiger partial charge on any atom is 0.321 e. The van der Waals surface area contributed by atoms with Crippen molar-refractivity contribution < 1.29 is 24.2 Å². The zero-order valence-electron chi connectivity index (χ0n) is 10.5. The average molecular weight is 258 g/mol. The molecule has 1 saturated heterocycles. The predicted molar refractivity (Wildman–Crippen MR) is 61.9 cm³/mol. The maximum absolute atomic E-state index is 11.5. The van der Waals surface area contributed by atoms with Crippen LogP contribution in [0, 0.1) is 5.41 Å². The fourth-order valence-corrected chi connectivity index (χ4v) is 1.52. The van der Waals surface area contributed by atoms with Gasteiger partial charge in [0.25, 0.3) is 0 Å². The third-order valence-electron chi connectivity index (χ3n) is 2.70. The van der Waals surface area contributed by atoms with E-state index in [2.05, 4.69) is 10.6 Å². The highest BCUT2D eigenvalue weighted by atomic mass is 16.5. The number of carbonyl (C=O) groups excluding carboxylic acids is 2. The minimum Gasteiger partial charge on any atom is -0.481 e.